The molecule has 16 heavy (non-hydrogen) atoms. The van der Waals surface area contributed by atoms with Gasteiger partial charge in [-0.3, -0.25) is 0 Å². The number of hydrogen-bond donors (Lipinski definition) is 3. The molecule has 0 aliphatic rings. The fourth-order valence-corrected chi connectivity index (χ4v) is 1.65. The first-order valence-electron chi connectivity index (χ1n) is 4.25. The van der Waals surface area contributed by atoms with Crippen molar-refractivity contribution in [2.75, 3.05) is 11.9 Å². The Morgan fingerprint density at radius 3 is 2.75 bits per heavy atom. The van der Waals surface area contributed by atoms with E-state index >= 15 is 0 Å². The Bertz CT molecular complexity index is 350. The van der Waals surface area contributed by atoms with Crippen LogP contribution in [0, 0.1) is 5.92 Å². The van der Waals surface area contributed by atoms with E-state index in [2.05, 4.69) is 10.5 Å². The second-order valence-corrected chi connectivity index (χ2v) is 3.79. The number of halogens is 3. The minimum absolute atomic E-state index is 0.462. The smallest absolute Gasteiger partial charge is 0.400 e. The summed E-state index contributed by atoms with van der Waals surface area (Å²) < 4.78 is 37.4. The molecule has 0 fully saturated rings. The number of nitrogens with two attached hydrogens (primary N) is 1. The molecule has 1 atom stereocenters. The van der Waals surface area contributed by atoms with Gasteiger partial charge in [-0.1, -0.05) is 5.16 Å². The van der Waals surface area contributed by atoms with Crippen molar-refractivity contribution < 1.29 is 18.4 Å². The highest BCUT2D eigenvalue weighted by Crippen LogP contribution is 2.27. The highest BCUT2D eigenvalue weighted by Gasteiger charge is 2.42. The molecule has 1 heterocycles. The summed E-state index contributed by atoms with van der Waals surface area (Å²) in [6.07, 6.45) is -4.54. The molecule has 4 N–H and O–H groups in total. The van der Waals surface area contributed by atoms with Crippen LogP contribution >= 0.6 is 11.3 Å². The molecule has 0 amide bonds. The van der Waals surface area contributed by atoms with Gasteiger partial charge >= 0.3 is 6.18 Å². The van der Waals surface area contributed by atoms with Crippen LogP contribution in [0.3, 0.4) is 0 Å². The Morgan fingerprint density at radius 2 is 2.31 bits per heavy atom. The maximum atomic E-state index is 12.5. The molecule has 0 aliphatic heterocycles. The third-order valence-corrected chi connectivity index (χ3v) is 2.58. The average molecular weight is 253 g/mol. The molecular weight excluding hydrogens is 243 g/mol. The van der Waals surface area contributed by atoms with E-state index in [1.54, 1.807) is 16.8 Å². The van der Waals surface area contributed by atoms with E-state index < -0.39 is 24.5 Å². The first kappa shape index (κ1) is 12.6. The number of anilines is 1. The second kappa shape index (κ2) is 5.06. The van der Waals surface area contributed by atoms with Crippen LogP contribution in [-0.2, 0) is 0 Å². The van der Waals surface area contributed by atoms with Gasteiger partial charge in [0.1, 0.15) is 5.92 Å². The van der Waals surface area contributed by atoms with E-state index in [4.69, 9.17) is 10.9 Å². The number of hydrogen-bond acceptors (Lipinski definition) is 4. The van der Waals surface area contributed by atoms with Gasteiger partial charge in [-0.2, -0.15) is 24.5 Å². The largest absolute Gasteiger partial charge is 0.409 e. The van der Waals surface area contributed by atoms with Crippen molar-refractivity contribution in [1.82, 2.24) is 0 Å². The Labute approximate surface area is 93.6 Å². The van der Waals surface area contributed by atoms with Gasteiger partial charge in [-0.15, -0.1) is 0 Å². The minimum atomic E-state index is -4.54. The van der Waals surface area contributed by atoms with Crippen LogP contribution in [0.5, 0.6) is 0 Å². The summed E-state index contributed by atoms with van der Waals surface area (Å²) in [5, 5.41) is 16.6. The van der Waals surface area contributed by atoms with Crippen molar-refractivity contribution in [1.29, 1.82) is 0 Å². The first-order chi connectivity index (χ1) is 7.45. The van der Waals surface area contributed by atoms with E-state index in [1.165, 1.54) is 11.3 Å². The molecule has 1 aromatic heterocycles. The summed E-state index contributed by atoms with van der Waals surface area (Å²) in [6, 6.07) is 1.64. The van der Waals surface area contributed by atoms with Gasteiger partial charge in [0.2, 0.25) is 0 Å². The molecule has 0 bridgehead atoms. The summed E-state index contributed by atoms with van der Waals surface area (Å²) in [5.41, 5.74) is 5.56. The van der Waals surface area contributed by atoms with E-state index in [1.807, 2.05) is 0 Å². The van der Waals surface area contributed by atoms with Crippen molar-refractivity contribution in [3.8, 4) is 0 Å². The summed E-state index contributed by atoms with van der Waals surface area (Å²) in [6.45, 7) is -0.462. The lowest BCUT2D eigenvalue weighted by Crippen LogP contribution is -2.40. The fourth-order valence-electron chi connectivity index (χ4n) is 1.04. The summed E-state index contributed by atoms with van der Waals surface area (Å²) >= 11 is 1.36. The monoisotopic (exact) mass is 253 g/mol. The van der Waals surface area contributed by atoms with Gasteiger partial charge in [0.05, 0.1) is 0 Å². The number of nitrogens with one attached hydrogen (secondary N) is 1. The number of alkyl halides is 3. The maximum Gasteiger partial charge on any atom is 0.400 e. The lowest BCUT2D eigenvalue weighted by atomic mass is 10.1. The zero-order valence-corrected chi connectivity index (χ0v) is 8.85. The average Bonchev–Trinajstić information content (AvgIpc) is 2.68. The van der Waals surface area contributed by atoms with Crippen LogP contribution in [0.2, 0.25) is 0 Å². The highest BCUT2D eigenvalue weighted by atomic mass is 32.1. The Hall–Kier alpha value is -1.44. The molecule has 0 saturated heterocycles. The summed E-state index contributed by atoms with van der Waals surface area (Å²) in [7, 11) is 0. The van der Waals surface area contributed by atoms with Crippen LogP contribution in [0.25, 0.3) is 0 Å². The molecule has 1 rings (SSSR count). The molecule has 4 nitrogen and oxygen atoms in total. The molecule has 0 radical (unpaired) electrons. The predicted octanol–water partition coefficient (Wildman–Crippen LogP) is 2.08. The van der Waals surface area contributed by atoms with Gasteiger partial charge < -0.3 is 16.3 Å². The highest BCUT2D eigenvalue weighted by molar-refractivity contribution is 7.08. The minimum Gasteiger partial charge on any atom is -0.409 e. The molecule has 0 aromatic carbocycles. The van der Waals surface area contributed by atoms with E-state index in [0.29, 0.717) is 5.69 Å². The third-order valence-electron chi connectivity index (χ3n) is 1.90. The number of oxime groups is 1. The van der Waals surface area contributed by atoms with Crippen molar-refractivity contribution in [3.63, 3.8) is 0 Å². The molecule has 90 valence electrons. The zero-order valence-electron chi connectivity index (χ0n) is 8.03. The van der Waals surface area contributed by atoms with E-state index in [-0.39, 0.29) is 0 Å². The first-order valence-corrected chi connectivity index (χ1v) is 5.19. The van der Waals surface area contributed by atoms with Crippen LogP contribution in [0.4, 0.5) is 18.9 Å². The van der Waals surface area contributed by atoms with Crippen molar-refractivity contribution in [2.24, 2.45) is 16.8 Å². The molecule has 8 heteroatoms. The maximum absolute atomic E-state index is 12.5. The van der Waals surface area contributed by atoms with Crippen molar-refractivity contribution in [3.05, 3.63) is 16.8 Å². The summed E-state index contributed by atoms with van der Waals surface area (Å²) in [4.78, 5) is 0. The standard InChI is InChI=1S/C8H10F3N3OS/c9-8(10,11)6(7(12)14-15)3-13-5-1-2-16-4-5/h1-2,4,6,13,15H,3H2,(H2,12,14). The molecular formula is C8H10F3N3OS. The molecule has 1 aromatic rings. The van der Waals surface area contributed by atoms with Crippen LogP contribution < -0.4 is 11.1 Å². The number of thiophene rings is 1. The SMILES string of the molecule is N/C(=N/O)C(CNc1ccsc1)C(F)(F)F. The molecule has 0 aliphatic carbocycles. The molecule has 0 spiro atoms. The quantitative estimate of drug-likeness (QED) is 0.333. The van der Waals surface area contributed by atoms with Gasteiger partial charge in [0, 0.05) is 17.6 Å². The Balaban J connectivity index is 2.65. The number of rotatable bonds is 4. The number of amidine groups is 1. The van der Waals surface area contributed by atoms with Crippen molar-refractivity contribution >= 4 is 22.9 Å². The Morgan fingerprint density at radius 1 is 1.62 bits per heavy atom. The van der Waals surface area contributed by atoms with E-state index in [0.717, 1.165) is 0 Å². The van der Waals surface area contributed by atoms with Gasteiger partial charge in [-0.05, 0) is 11.4 Å². The third kappa shape index (κ3) is 3.30. The van der Waals surface area contributed by atoms with E-state index in [9.17, 15) is 13.2 Å². The number of nitrogens with zero attached hydrogens (tertiary/aromatic N) is 1. The zero-order chi connectivity index (χ0) is 12.2. The lowest BCUT2D eigenvalue weighted by molar-refractivity contribution is -0.152. The van der Waals surface area contributed by atoms with Crippen LogP contribution in [-0.4, -0.2) is 23.8 Å². The van der Waals surface area contributed by atoms with Crippen molar-refractivity contribution in [2.45, 2.75) is 6.18 Å². The Kier molecular flexibility index (Phi) is 3.99. The summed E-state index contributed by atoms with van der Waals surface area (Å²) in [5.74, 6) is -2.85. The second-order valence-electron chi connectivity index (χ2n) is 3.01. The van der Waals surface area contributed by atoms with Crippen LogP contribution in [0.15, 0.2) is 22.0 Å². The van der Waals surface area contributed by atoms with Gasteiger partial charge in [0.25, 0.3) is 0 Å². The fraction of sp³-hybridized carbons (Fsp3) is 0.375. The molecule has 1 unspecified atom stereocenters. The van der Waals surface area contributed by atoms with Gasteiger partial charge in [-0.25, -0.2) is 0 Å². The molecule has 0 saturated carbocycles. The normalized spacial score (nSPS) is 14.8. The topological polar surface area (TPSA) is 70.6 Å². The van der Waals surface area contributed by atoms with Gasteiger partial charge in [0.15, 0.2) is 5.84 Å². The van der Waals surface area contributed by atoms with Crippen LogP contribution in [0.1, 0.15) is 0 Å². The lowest BCUT2D eigenvalue weighted by Gasteiger charge is -2.19. The predicted molar refractivity (Wildman–Crippen MR) is 55.8 cm³/mol.